The average Bonchev–Trinajstić information content (AvgIpc) is 3.08. The van der Waals surface area contributed by atoms with Gasteiger partial charge in [0.05, 0.1) is 17.4 Å². The Balaban J connectivity index is 1.54. The molecule has 1 heterocycles. The van der Waals surface area contributed by atoms with Crippen LogP contribution in [0.15, 0.2) is 29.2 Å². The molecule has 0 bridgehead atoms. The van der Waals surface area contributed by atoms with E-state index in [0.717, 1.165) is 51.6 Å². The van der Waals surface area contributed by atoms with Crippen molar-refractivity contribution in [3.05, 3.63) is 24.3 Å². The van der Waals surface area contributed by atoms with Crippen molar-refractivity contribution in [3.63, 3.8) is 0 Å². The molecule has 1 aromatic carbocycles. The number of carbonyl (C=O) groups excluding carboxylic acids is 1. The van der Waals surface area contributed by atoms with Gasteiger partial charge in [0.15, 0.2) is 0 Å². The Hall–Kier alpha value is -1.44. The fourth-order valence-electron chi connectivity index (χ4n) is 3.44. The zero-order valence-electron chi connectivity index (χ0n) is 14.4. The van der Waals surface area contributed by atoms with Crippen molar-refractivity contribution in [2.75, 3.05) is 11.9 Å². The first-order valence-corrected chi connectivity index (χ1v) is 10.5. The van der Waals surface area contributed by atoms with Gasteiger partial charge in [-0.25, -0.2) is 13.1 Å². The summed E-state index contributed by atoms with van der Waals surface area (Å²) in [6.45, 7) is 0.721. The highest BCUT2D eigenvalue weighted by Crippen LogP contribution is 2.21. The third-order valence-corrected chi connectivity index (χ3v) is 6.35. The molecule has 0 spiro atoms. The molecule has 0 aromatic heterocycles. The molecule has 7 heteroatoms. The van der Waals surface area contributed by atoms with Crippen LogP contribution in [0.2, 0.25) is 0 Å². The molecule has 6 nitrogen and oxygen atoms in total. The molecule has 1 amide bonds. The minimum absolute atomic E-state index is 0.0102. The number of sulfonamides is 1. The Kier molecular flexibility index (Phi) is 6.09. The molecule has 2 aliphatic rings. The maximum Gasteiger partial charge on any atom is 0.240 e. The normalized spacial score (nSPS) is 22.0. The lowest BCUT2D eigenvalue weighted by Crippen LogP contribution is -2.32. The molecule has 1 aliphatic carbocycles. The highest BCUT2D eigenvalue weighted by molar-refractivity contribution is 7.89. The predicted octanol–water partition coefficient (Wildman–Crippen LogP) is 2.81. The van der Waals surface area contributed by atoms with E-state index in [1.54, 1.807) is 12.1 Å². The molecular weight excluding hydrogens is 340 g/mol. The highest BCUT2D eigenvalue weighted by atomic mass is 32.2. The molecule has 25 heavy (non-hydrogen) atoms. The van der Waals surface area contributed by atoms with Crippen LogP contribution in [0.25, 0.3) is 0 Å². The van der Waals surface area contributed by atoms with E-state index < -0.39 is 10.0 Å². The molecule has 1 atom stereocenters. The van der Waals surface area contributed by atoms with Gasteiger partial charge in [0.1, 0.15) is 0 Å². The third-order valence-electron chi connectivity index (χ3n) is 4.81. The van der Waals surface area contributed by atoms with Gasteiger partial charge in [0, 0.05) is 18.3 Å². The van der Waals surface area contributed by atoms with Crippen molar-refractivity contribution in [2.24, 2.45) is 0 Å². The maximum absolute atomic E-state index is 12.4. The van der Waals surface area contributed by atoms with Crippen LogP contribution in [0.5, 0.6) is 0 Å². The number of benzene rings is 1. The lowest BCUT2D eigenvalue weighted by atomic mass is 10.1. The van der Waals surface area contributed by atoms with E-state index in [-0.39, 0.29) is 22.9 Å². The first-order chi connectivity index (χ1) is 12.0. The smallest absolute Gasteiger partial charge is 0.240 e. The number of anilines is 1. The number of hydrogen-bond acceptors (Lipinski definition) is 4. The Bertz CT molecular complexity index is 676. The summed E-state index contributed by atoms with van der Waals surface area (Å²) in [5.41, 5.74) is 0.598. The molecule has 2 fully saturated rings. The summed E-state index contributed by atoms with van der Waals surface area (Å²) >= 11 is 0. The predicted molar refractivity (Wildman–Crippen MR) is 95.9 cm³/mol. The molecule has 1 saturated heterocycles. The molecule has 0 radical (unpaired) electrons. The van der Waals surface area contributed by atoms with E-state index in [0.29, 0.717) is 12.1 Å². The van der Waals surface area contributed by atoms with Crippen molar-refractivity contribution >= 4 is 21.6 Å². The van der Waals surface area contributed by atoms with E-state index in [1.165, 1.54) is 12.1 Å². The zero-order valence-corrected chi connectivity index (χ0v) is 15.2. The molecule has 138 valence electrons. The molecule has 1 aliphatic heterocycles. The van der Waals surface area contributed by atoms with Crippen LogP contribution >= 0.6 is 0 Å². The fourth-order valence-corrected chi connectivity index (χ4v) is 4.74. The van der Waals surface area contributed by atoms with Gasteiger partial charge in [-0.1, -0.05) is 12.8 Å². The number of hydrogen-bond donors (Lipinski definition) is 2. The molecule has 3 rings (SSSR count). The topological polar surface area (TPSA) is 84.5 Å². The fraction of sp³-hybridized carbons (Fsp3) is 0.611. The minimum Gasteiger partial charge on any atom is -0.378 e. The summed E-state index contributed by atoms with van der Waals surface area (Å²) in [4.78, 5) is 12.3. The van der Waals surface area contributed by atoms with Gasteiger partial charge in [-0.05, 0) is 56.4 Å². The monoisotopic (exact) mass is 366 g/mol. The number of carbonyl (C=O) groups is 1. The Morgan fingerprint density at radius 1 is 1.04 bits per heavy atom. The Morgan fingerprint density at radius 3 is 2.36 bits per heavy atom. The Labute approximate surface area is 149 Å². The highest BCUT2D eigenvalue weighted by Gasteiger charge is 2.23. The van der Waals surface area contributed by atoms with Crippen LogP contribution in [0.3, 0.4) is 0 Å². The van der Waals surface area contributed by atoms with Crippen LogP contribution in [0, 0.1) is 0 Å². The molecule has 0 unspecified atom stereocenters. The van der Waals surface area contributed by atoms with Crippen molar-refractivity contribution in [1.29, 1.82) is 0 Å². The van der Waals surface area contributed by atoms with E-state index >= 15 is 0 Å². The summed E-state index contributed by atoms with van der Waals surface area (Å²) in [7, 11) is -3.49. The Morgan fingerprint density at radius 2 is 1.72 bits per heavy atom. The second kappa shape index (κ2) is 8.29. The van der Waals surface area contributed by atoms with Crippen molar-refractivity contribution in [2.45, 2.75) is 68.4 Å². The summed E-state index contributed by atoms with van der Waals surface area (Å²) in [6.07, 6.45) is 7.34. The second-order valence-corrected chi connectivity index (χ2v) is 8.58. The first kappa shape index (κ1) is 18.4. The first-order valence-electron chi connectivity index (χ1n) is 9.07. The van der Waals surface area contributed by atoms with Crippen LogP contribution in [-0.2, 0) is 19.6 Å². The van der Waals surface area contributed by atoms with Gasteiger partial charge in [-0.2, -0.15) is 0 Å². The van der Waals surface area contributed by atoms with Gasteiger partial charge >= 0.3 is 0 Å². The van der Waals surface area contributed by atoms with E-state index in [9.17, 15) is 13.2 Å². The van der Waals surface area contributed by atoms with E-state index in [2.05, 4.69) is 10.0 Å². The third kappa shape index (κ3) is 5.26. The van der Waals surface area contributed by atoms with Gasteiger partial charge in [0.2, 0.25) is 15.9 Å². The summed E-state index contributed by atoms with van der Waals surface area (Å²) < 4.78 is 33.1. The quantitative estimate of drug-likeness (QED) is 0.811. The van der Waals surface area contributed by atoms with Crippen LogP contribution in [0.4, 0.5) is 5.69 Å². The molecule has 1 aromatic rings. The van der Waals surface area contributed by atoms with Gasteiger partial charge < -0.3 is 10.1 Å². The van der Waals surface area contributed by atoms with Crippen LogP contribution in [-0.4, -0.2) is 33.1 Å². The summed E-state index contributed by atoms with van der Waals surface area (Å²) in [5.74, 6) is -0.105. The van der Waals surface area contributed by atoms with Gasteiger partial charge in [-0.3, -0.25) is 4.79 Å². The van der Waals surface area contributed by atoms with Crippen LogP contribution < -0.4 is 10.0 Å². The van der Waals surface area contributed by atoms with Gasteiger partial charge in [-0.15, -0.1) is 0 Å². The number of amides is 1. The van der Waals surface area contributed by atoms with Crippen molar-refractivity contribution < 1.29 is 17.9 Å². The second-order valence-electron chi connectivity index (χ2n) is 6.87. The standard InChI is InChI=1S/C18H26N2O4S/c21-18(13-16-7-3-4-12-24-16)19-14-8-10-17(11-9-14)25(22,23)20-15-5-1-2-6-15/h8-11,15-16,20H,1-7,12-13H2,(H,19,21)/t16-/m1/s1. The van der Waals surface area contributed by atoms with Crippen LogP contribution in [0.1, 0.15) is 51.4 Å². The summed E-state index contributed by atoms with van der Waals surface area (Å²) in [6, 6.07) is 6.36. The largest absolute Gasteiger partial charge is 0.378 e. The van der Waals surface area contributed by atoms with Crippen molar-refractivity contribution in [1.82, 2.24) is 4.72 Å². The van der Waals surface area contributed by atoms with E-state index in [1.807, 2.05) is 0 Å². The molecular formula is C18H26N2O4S. The molecule has 2 N–H and O–H groups in total. The zero-order chi connectivity index (χ0) is 17.7. The lowest BCUT2D eigenvalue weighted by molar-refractivity contribution is -0.119. The molecule has 1 saturated carbocycles. The SMILES string of the molecule is O=C(C[C@H]1CCCCO1)Nc1ccc(S(=O)(=O)NC2CCCC2)cc1. The number of rotatable bonds is 6. The minimum atomic E-state index is -3.49. The van der Waals surface area contributed by atoms with Gasteiger partial charge in [0.25, 0.3) is 0 Å². The van der Waals surface area contributed by atoms with Crippen molar-refractivity contribution in [3.8, 4) is 0 Å². The number of nitrogens with one attached hydrogen (secondary N) is 2. The average molecular weight is 366 g/mol. The lowest BCUT2D eigenvalue weighted by Gasteiger charge is -2.21. The maximum atomic E-state index is 12.4. The summed E-state index contributed by atoms with van der Waals surface area (Å²) in [5, 5.41) is 2.81. The van der Waals surface area contributed by atoms with E-state index in [4.69, 9.17) is 4.74 Å². The number of ether oxygens (including phenoxy) is 1.